The fraction of sp³-hybridized carbons (Fsp3) is 0.767. The molecular weight excluding hydrogens is 504 g/mol. The smallest absolute Gasteiger partial charge is 0.335 e. The molecule has 0 bridgehead atoms. The first-order valence-electron chi connectivity index (χ1n) is 13.9. The summed E-state index contributed by atoms with van der Waals surface area (Å²) in [6, 6.07) is 0. The minimum absolute atomic E-state index is 0.0175. The van der Waals surface area contributed by atoms with Crippen LogP contribution in [0.15, 0.2) is 11.1 Å². The van der Waals surface area contributed by atoms with Gasteiger partial charge in [0, 0.05) is 42.1 Å². The zero-order chi connectivity index (χ0) is 29.7. The van der Waals surface area contributed by atoms with Gasteiger partial charge in [0.1, 0.15) is 17.7 Å². The number of aliphatic hydroxyl groups excluding tert-OH is 2. The third kappa shape index (κ3) is 3.94. The van der Waals surface area contributed by atoms with Gasteiger partial charge in [0.15, 0.2) is 17.2 Å². The van der Waals surface area contributed by atoms with Crippen LogP contribution >= 0.6 is 0 Å². The lowest BCUT2D eigenvalue weighted by molar-refractivity contribution is -0.159. The Balaban J connectivity index is 1.76. The summed E-state index contributed by atoms with van der Waals surface area (Å²) in [6.07, 6.45) is -2.63. The van der Waals surface area contributed by atoms with Crippen molar-refractivity contribution in [1.82, 2.24) is 0 Å². The molecule has 0 radical (unpaired) electrons. The third-order valence-electron chi connectivity index (χ3n) is 11.3. The lowest BCUT2D eigenvalue weighted by atomic mass is 9.42. The molecule has 9 atom stereocenters. The van der Waals surface area contributed by atoms with E-state index < -0.39 is 63.6 Å². The molecule has 2 saturated carbocycles. The molecule has 4 aliphatic rings. The fourth-order valence-corrected chi connectivity index (χ4v) is 9.10. The number of aliphatic hydroxyl groups is 3. The first-order valence-corrected chi connectivity index (χ1v) is 13.9. The Bertz CT molecular complexity index is 1190. The molecule has 0 aromatic carbocycles. The number of ketones is 4. The molecule has 0 heterocycles. The highest BCUT2D eigenvalue weighted by molar-refractivity contribution is 6.06. The van der Waals surface area contributed by atoms with Crippen LogP contribution in [0.4, 0.5) is 0 Å². The van der Waals surface area contributed by atoms with E-state index >= 15 is 0 Å². The summed E-state index contributed by atoms with van der Waals surface area (Å²) in [5.74, 6) is -3.75. The van der Waals surface area contributed by atoms with Crippen molar-refractivity contribution in [2.45, 2.75) is 105 Å². The van der Waals surface area contributed by atoms with Crippen LogP contribution in [0.2, 0.25) is 0 Å². The largest absolute Gasteiger partial charge is 0.479 e. The van der Waals surface area contributed by atoms with Gasteiger partial charge in [-0.25, -0.2) is 4.79 Å². The Morgan fingerprint density at radius 1 is 1.05 bits per heavy atom. The maximum absolute atomic E-state index is 14.1. The van der Waals surface area contributed by atoms with Crippen molar-refractivity contribution < 1.29 is 44.4 Å². The van der Waals surface area contributed by atoms with Crippen LogP contribution in [0.5, 0.6) is 0 Å². The first-order chi connectivity index (χ1) is 17.7. The average Bonchev–Trinajstić information content (AvgIpc) is 2.99. The van der Waals surface area contributed by atoms with Gasteiger partial charge in [0.2, 0.25) is 0 Å². The van der Waals surface area contributed by atoms with Crippen molar-refractivity contribution in [2.24, 2.45) is 39.4 Å². The number of Topliss-reactive ketones (excluding diaryl/α,β-unsaturated/α-hetero) is 4. The van der Waals surface area contributed by atoms with E-state index in [9.17, 15) is 44.4 Å². The van der Waals surface area contributed by atoms with Crippen LogP contribution < -0.4 is 0 Å². The highest BCUT2D eigenvalue weighted by Crippen LogP contribution is 2.70. The van der Waals surface area contributed by atoms with Gasteiger partial charge in [-0.3, -0.25) is 19.2 Å². The number of rotatable bonds is 6. The molecule has 216 valence electrons. The maximum Gasteiger partial charge on any atom is 0.335 e. The Hall–Kier alpha value is -2.23. The molecule has 0 aromatic rings. The van der Waals surface area contributed by atoms with Crippen molar-refractivity contribution in [3.8, 4) is 0 Å². The van der Waals surface area contributed by atoms with E-state index in [0.29, 0.717) is 11.1 Å². The Kier molecular flexibility index (Phi) is 6.78. The third-order valence-corrected chi connectivity index (χ3v) is 11.3. The molecule has 0 spiro atoms. The van der Waals surface area contributed by atoms with Crippen LogP contribution in [-0.4, -0.2) is 67.3 Å². The highest BCUT2D eigenvalue weighted by atomic mass is 16.4. The number of carboxylic acid groups (broad SMARTS) is 1. The molecule has 4 aliphatic carbocycles. The number of carboxylic acids is 1. The minimum atomic E-state index is -2.20. The molecule has 3 unspecified atom stereocenters. The lowest BCUT2D eigenvalue weighted by Crippen LogP contribution is -2.62. The molecule has 0 aromatic heterocycles. The van der Waals surface area contributed by atoms with E-state index in [-0.39, 0.29) is 61.3 Å². The standard InChI is InChI=1S/C30H42O9/c1-14(8-15(31)11-29(6,39)25(37)38)16-9-21(35)30(7)23-17(32)10-20-26(2,3)24(36)19(34)12-27(20,4)22(23)18(33)13-28(16,30)5/h14,16-17,19-20,32,34,39H,8-13H2,1-7H3,(H,37,38)/t14?,16-,17+,19?,20+,27+,28-,29?,30+/m1/s1. The van der Waals surface area contributed by atoms with Gasteiger partial charge in [-0.1, -0.05) is 34.6 Å². The first kappa shape index (κ1) is 29.7. The number of carbonyl (C=O) groups excluding carboxylic acids is 4. The SMILES string of the molecule is CC(CC(=O)CC(C)(O)C(=O)O)[C@H]1CC(=O)[C@@]2(C)C3=C(C(=O)C[C@]12C)[C@@]1(C)CC(O)C(=O)C(C)(C)[C@@H]1C[C@@H]3O. The van der Waals surface area contributed by atoms with Gasteiger partial charge in [0.25, 0.3) is 0 Å². The number of hydrogen-bond donors (Lipinski definition) is 4. The second-order valence-electron chi connectivity index (χ2n) is 14.2. The van der Waals surface area contributed by atoms with Crippen LogP contribution in [0.3, 0.4) is 0 Å². The number of fused-ring (bicyclic) bond motifs is 4. The summed E-state index contributed by atoms with van der Waals surface area (Å²) in [4.78, 5) is 64.9. The van der Waals surface area contributed by atoms with Gasteiger partial charge in [-0.15, -0.1) is 0 Å². The molecule has 4 rings (SSSR count). The zero-order valence-electron chi connectivity index (χ0n) is 24.0. The molecule has 39 heavy (non-hydrogen) atoms. The van der Waals surface area contributed by atoms with Gasteiger partial charge in [0.05, 0.1) is 11.5 Å². The lowest BCUT2D eigenvalue weighted by Gasteiger charge is -2.60. The Morgan fingerprint density at radius 3 is 2.21 bits per heavy atom. The molecule has 0 saturated heterocycles. The summed E-state index contributed by atoms with van der Waals surface area (Å²) >= 11 is 0. The van der Waals surface area contributed by atoms with Crippen molar-refractivity contribution >= 4 is 29.1 Å². The van der Waals surface area contributed by atoms with Crippen LogP contribution in [0.1, 0.15) is 87.0 Å². The van der Waals surface area contributed by atoms with Gasteiger partial charge in [-0.05, 0) is 55.4 Å². The van der Waals surface area contributed by atoms with Gasteiger partial charge < -0.3 is 20.4 Å². The Morgan fingerprint density at radius 2 is 1.64 bits per heavy atom. The highest BCUT2D eigenvalue weighted by Gasteiger charge is 2.70. The number of aliphatic carboxylic acids is 1. The van der Waals surface area contributed by atoms with Gasteiger partial charge >= 0.3 is 5.97 Å². The summed E-state index contributed by atoms with van der Waals surface area (Å²) in [7, 11) is 0. The van der Waals surface area contributed by atoms with E-state index in [0.717, 1.165) is 6.92 Å². The quantitative estimate of drug-likeness (QED) is 0.391. The molecule has 9 heteroatoms. The molecule has 4 N–H and O–H groups in total. The minimum Gasteiger partial charge on any atom is -0.479 e. The van der Waals surface area contributed by atoms with Crippen LogP contribution in [0.25, 0.3) is 0 Å². The number of allylic oxidation sites excluding steroid dienone is 1. The summed E-state index contributed by atoms with van der Waals surface area (Å²) in [5.41, 5.74) is -5.37. The van der Waals surface area contributed by atoms with Crippen molar-refractivity contribution in [1.29, 1.82) is 0 Å². The van der Waals surface area contributed by atoms with Crippen molar-refractivity contribution in [3.05, 3.63) is 11.1 Å². The molecule has 9 nitrogen and oxygen atoms in total. The fourth-order valence-electron chi connectivity index (χ4n) is 9.10. The van der Waals surface area contributed by atoms with Crippen LogP contribution in [0, 0.1) is 39.4 Å². The second kappa shape index (κ2) is 8.88. The zero-order valence-corrected chi connectivity index (χ0v) is 24.0. The van der Waals surface area contributed by atoms with Gasteiger partial charge in [-0.2, -0.15) is 0 Å². The van der Waals surface area contributed by atoms with E-state index in [1.54, 1.807) is 27.7 Å². The summed E-state index contributed by atoms with van der Waals surface area (Å²) in [5, 5.41) is 41.5. The van der Waals surface area contributed by atoms with E-state index in [1.165, 1.54) is 0 Å². The molecule has 0 amide bonds. The van der Waals surface area contributed by atoms with Crippen molar-refractivity contribution in [3.63, 3.8) is 0 Å². The van der Waals surface area contributed by atoms with Crippen molar-refractivity contribution in [2.75, 3.05) is 0 Å². The Labute approximate surface area is 229 Å². The topological polar surface area (TPSA) is 166 Å². The predicted octanol–water partition coefficient (Wildman–Crippen LogP) is 2.43. The second-order valence-corrected chi connectivity index (χ2v) is 14.2. The average molecular weight is 547 g/mol. The molecule has 2 fully saturated rings. The molecular formula is C30H42O9. The monoisotopic (exact) mass is 546 g/mol. The van der Waals surface area contributed by atoms with E-state index in [2.05, 4.69) is 0 Å². The number of hydrogen-bond acceptors (Lipinski definition) is 8. The normalized spacial score (nSPS) is 41.8. The predicted molar refractivity (Wildman–Crippen MR) is 139 cm³/mol. The summed E-state index contributed by atoms with van der Waals surface area (Å²) < 4.78 is 0. The summed E-state index contributed by atoms with van der Waals surface area (Å²) in [6.45, 7) is 11.9. The van der Waals surface area contributed by atoms with Crippen LogP contribution in [-0.2, 0) is 24.0 Å². The number of carbonyl (C=O) groups is 5. The maximum atomic E-state index is 14.1. The van der Waals surface area contributed by atoms with E-state index in [4.69, 9.17) is 0 Å². The van der Waals surface area contributed by atoms with E-state index in [1.807, 2.05) is 13.8 Å². The molecule has 0 aliphatic heterocycles.